The molecule has 0 bridgehead atoms. The van der Waals surface area contributed by atoms with Gasteiger partial charge in [0.05, 0.1) is 35.7 Å². The maximum Gasteiger partial charge on any atom is 0.0936 e. The molecule has 0 fully saturated rings. The maximum absolute atomic E-state index is 5.35. The largest absolute Gasteiger partial charge is 0.251 e. The average Bonchev–Trinajstić information content (AvgIpc) is 2.93. The van der Waals surface area contributed by atoms with Crippen LogP contribution >= 0.6 is 17.2 Å². The molecule has 0 aliphatic heterocycles. The Hall–Kier alpha value is -2.44. The lowest BCUT2D eigenvalue weighted by atomic mass is 9.86. The first-order valence-electron chi connectivity index (χ1n) is 15.0. The van der Waals surface area contributed by atoms with E-state index in [0.717, 1.165) is 39.4 Å². The molecule has 1 unspecified atom stereocenters. The highest BCUT2D eigenvalue weighted by atomic mass is 31.1. The number of fused-ring (bicyclic) bond motifs is 2. The van der Waals surface area contributed by atoms with E-state index in [1.165, 1.54) is 16.3 Å². The summed E-state index contributed by atoms with van der Waals surface area (Å²) in [4.78, 5) is 10.7. The summed E-state index contributed by atoms with van der Waals surface area (Å²) in [6, 6.07) is 33.1. The zero-order valence-electron chi connectivity index (χ0n) is 26.8. The number of rotatable bonds is 6. The standard InChI is InChI=1S/C37H46N2P2Si/c1-35(2,3)41(36(4,5)6)25-28-18-21-29(42(7,8)9)24-30(28)37(40,33-22-19-26-14-10-12-16-31(26)38-33)34-23-20-27-15-11-13-17-32(27)39-34/h10-24H,25,40H2,1-9H3. The van der Waals surface area contributed by atoms with Gasteiger partial charge in [0.2, 0.25) is 0 Å². The van der Waals surface area contributed by atoms with Crippen molar-refractivity contribution in [3.8, 4) is 0 Å². The predicted molar refractivity (Wildman–Crippen MR) is 193 cm³/mol. The van der Waals surface area contributed by atoms with Crippen LogP contribution < -0.4 is 5.19 Å². The van der Waals surface area contributed by atoms with Crippen molar-refractivity contribution in [3.63, 3.8) is 0 Å². The van der Waals surface area contributed by atoms with Gasteiger partial charge in [-0.2, -0.15) is 0 Å². The van der Waals surface area contributed by atoms with Gasteiger partial charge in [0.15, 0.2) is 0 Å². The lowest BCUT2D eigenvalue weighted by molar-refractivity contribution is 0.701. The zero-order valence-corrected chi connectivity index (χ0v) is 29.8. The number of para-hydroxylation sites is 2. The predicted octanol–water partition coefficient (Wildman–Crippen LogP) is 10.1. The third-order valence-electron chi connectivity index (χ3n) is 8.35. The van der Waals surface area contributed by atoms with E-state index in [9.17, 15) is 0 Å². The number of nitrogens with zero attached hydrogens (tertiary/aromatic N) is 2. The molecule has 218 valence electrons. The highest BCUT2D eigenvalue weighted by molar-refractivity contribution is 7.60. The Morgan fingerprint density at radius 3 is 1.57 bits per heavy atom. The van der Waals surface area contributed by atoms with Crippen LogP contribution in [0.15, 0.2) is 91.0 Å². The van der Waals surface area contributed by atoms with Gasteiger partial charge in [-0.05, 0) is 51.9 Å². The Balaban J connectivity index is 1.85. The highest BCUT2D eigenvalue weighted by Crippen LogP contribution is 2.62. The minimum absolute atomic E-state index is 0.217. The number of pyridine rings is 2. The molecule has 0 aliphatic carbocycles. The van der Waals surface area contributed by atoms with Crippen molar-refractivity contribution >= 4 is 52.2 Å². The molecule has 5 heteroatoms. The lowest BCUT2D eigenvalue weighted by Crippen LogP contribution is -2.39. The Morgan fingerprint density at radius 2 is 1.12 bits per heavy atom. The van der Waals surface area contributed by atoms with Crippen LogP contribution in [0, 0.1) is 0 Å². The van der Waals surface area contributed by atoms with Crippen LogP contribution in [0.5, 0.6) is 0 Å². The van der Waals surface area contributed by atoms with E-state index in [1.54, 1.807) is 0 Å². The summed E-state index contributed by atoms with van der Waals surface area (Å²) in [5.41, 5.74) is 6.78. The van der Waals surface area contributed by atoms with E-state index < -0.39 is 13.2 Å². The van der Waals surface area contributed by atoms with Gasteiger partial charge in [-0.1, -0.05) is 141 Å². The zero-order chi connectivity index (χ0) is 30.5. The highest BCUT2D eigenvalue weighted by Gasteiger charge is 2.40. The van der Waals surface area contributed by atoms with Gasteiger partial charge in [-0.25, -0.2) is 0 Å². The van der Waals surface area contributed by atoms with Crippen LogP contribution in [0.2, 0.25) is 19.6 Å². The van der Waals surface area contributed by atoms with Gasteiger partial charge >= 0.3 is 0 Å². The molecular formula is C37H46N2P2Si. The van der Waals surface area contributed by atoms with Crippen LogP contribution in [-0.2, 0) is 11.3 Å². The molecule has 0 saturated carbocycles. The maximum atomic E-state index is 5.35. The van der Waals surface area contributed by atoms with Crippen molar-refractivity contribution in [2.45, 2.75) is 82.8 Å². The van der Waals surface area contributed by atoms with E-state index in [4.69, 9.17) is 9.97 Å². The average molecular weight is 609 g/mol. The molecular weight excluding hydrogens is 562 g/mol. The molecule has 2 heterocycles. The van der Waals surface area contributed by atoms with Crippen LogP contribution in [0.3, 0.4) is 0 Å². The molecule has 0 N–H and O–H groups in total. The molecule has 42 heavy (non-hydrogen) atoms. The molecule has 2 nitrogen and oxygen atoms in total. The second-order valence-corrected chi connectivity index (χ2v) is 24.4. The molecule has 5 rings (SSSR count). The van der Waals surface area contributed by atoms with E-state index >= 15 is 0 Å². The van der Waals surface area contributed by atoms with Crippen molar-refractivity contribution in [1.29, 1.82) is 0 Å². The fourth-order valence-corrected chi connectivity index (χ4v) is 11.5. The number of aromatic nitrogens is 2. The van der Waals surface area contributed by atoms with Gasteiger partial charge in [0.25, 0.3) is 0 Å². The first-order chi connectivity index (χ1) is 19.6. The number of hydrogen-bond donors (Lipinski definition) is 0. The van der Waals surface area contributed by atoms with Crippen LogP contribution in [0.4, 0.5) is 0 Å². The summed E-state index contributed by atoms with van der Waals surface area (Å²) in [6.07, 6.45) is 1.06. The molecule has 5 aromatic rings. The Morgan fingerprint density at radius 1 is 0.643 bits per heavy atom. The van der Waals surface area contributed by atoms with E-state index in [2.05, 4.69) is 161 Å². The smallest absolute Gasteiger partial charge is 0.0936 e. The topological polar surface area (TPSA) is 25.8 Å². The monoisotopic (exact) mass is 608 g/mol. The Bertz CT molecular complexity index is 1650. The van der Waals surface area contributed by atoms with Gasteiger partial charge < -0.3 is 0 Å². The fourth-order valence-electron chi connectivity index (χ4n) is 6.18. The first kappa shape index (κ1) is 31.0. The van der Waals surface area contributed by atoms with Crippen molar-refractivity contribution in [3.05, 3.63) is 114 Å². The summed E-state index contributed by atoms with van der Waals surface area (Å²) in [5, 5.41) is 3.59. The lowest BCUT2D eigenvalue weighted by Gasteiger charge is -2.43. The summed E-state index contributed by atoms with van der Waals surface area (Å²) >= 11 is 0. The molecule has 0 aliphatic rings. The Labute approximate surface area is 257 Å². The van der Waals surface area contributed by atoms with E-state index in [-0.39, 0.29) is 18.2 Å². The molecule has 0 spiro atoms. The van der Waals surface area contributed by atoms with Crippen molar-refractivity contribution in [2.75, 3.05) is 0 Å². The van der Waals surface area contributed by atoms with Crippen molar-refractivity contribution in [1.82, 2.24) is 9.97 Å². The third kappa shape index (κ3) is 6.12. The van der Waals surface area contributed by atoms with Gasteiger partial charge in [0.1, 0.15) is 0 Å². The SMILES string of the molecule is CC(C)(C)P(Cc1ccc([Si](C)(C)C)cc1C(P)(c1ccc2ccccc2n1)c1ccc2ccccc2n1)C(C)(C)C. The quantitative estimate of drug-likeness (QED) is 0.142. The number of benzene rings is 3. The molecule has 1 atom stereocenters. The third-order valence-corrected chi connectivity index (χ3v) is 15.2. The van der Waals surface area contributed by atoms with E-state index in [1.807, 2.05) is 0 Å². The molecule has 0 amide bonds. The van der Waals surface area contributed by atoms with Crippen molar-refractivity contribution < 1.29 is 0 Å². The van der Waals surface area contributed by atoms with Gasteiger partial charge in [-0.15, -0.1) is 9.24 Å². The van der Waals surface area contributed by atoms with Crippen LogP contribution in [0.1, 0.15) is 64.1 Å². The molecule has 2 aromatic heterocycles. The Kier molecular flexibility index (Phi) is 8.30. The van der Waals surface area contributed by atoms with Crippen LogP contribution in [-0.4, -0.2) is 28.4 Å². The van der Waals surface area contributed by atoms with Crippen LogP contribution in [0.25, 0.3) is 21.8 Å². The van der Waals surface area contributed by atoms with Crippen molar-refractivity contribution in [2.24, 2.45) is 0 Å². The molecule has 3 aromatic carbocycles. The summed E-state index contributed by atoms with van der Waals surface area (Å²) in [6.45, 7) is 21.8. The first-order valence-corrected chi connectivity index (χ1v) is 20.6. The van der Waals surface area contributed by atoms with E-state index in [0.29, 0.717) is 0 Å². The summed E-state index contributed by atoms with van der Waals surface area (Å²) < 4.78 is 0. The molecule has 0 radical (unpaired) electrons. The second-order valence-electron chi connectivity index (χ2n) is 14.6. The minimum Gasteiger partial charge on any atom is -0.251 e. The van der Waals surface area contributed by atoms with Gasteiger partial charge in [-0.3, -0.25) is 9.97 Å². The van der Waals surface area contributed by atoms with Gasteiger partial charge in [0, 0.05) is 10.8 Å². The summed E-state index contributed by atoms with van der Waals surface area (Å²) in [5.74, 6) is 0. The normalized spacial score (nSPS) is 13.3. The number of hydrogen-bond acceptors (Lipinski definition) is 2. The molecule has 0 saturated heterocycles. The fraction of sp³-hybridized carbons (Fsp3) is 0.351. The summed E-state index contributed by atoms with van der Waals surface area (Å²) in [7, 11) is 1.31. The second kappa shape index (κ2) is 11.2. The minimum atomic E-state index is -1.61.